The van der Waals surface area contributed by atoms with Crippen molar-refractivity contribution in [3.8, 4) is 17.2 Å². The molecule has 0 aliphatic carbocycles. The van der Waals surface area contributed by atoms with E-state index in [1.807, 2.05) is 0 Å². The Hall–Kier alpha value is -1.09. The van der Waals surface area contributed by atoms with Crippen molar-refractivity contribution in [3.63, 3.8) is 0 Å². The largest absolute Gasteiger partial charge is 0.496 e. The van der Waals surface area contributed by atoms with Gasteiger partial charge in [-0.25, -0.2) is 0 Å². The number of rotatable bonds is 3. The molecule has 14 heavy (non-hydrogen) atoms. The third-order valence-corrected chi connectivity index (χ3v) is 1.82. The molecule has 0 aliphatic heterocycles. The molecule has 0 spiro atoms. The van der Waals surface area contributed by atoms with Gasteiger partial charge >= 0.3 is 0 Å². The van der Waals surface area contributed by atoms with Gasteiger partial charge in [-0.15, -0.1) is 12.4 Å². The Kier molecular flexibility index (Phi) is 5.16. The van der Waals surface area contributed by atoms with Crippen molar-refractivity contribution < 1.29 is 14.2 Å². The number of methoxy groups -OCH3 is 3. The van der Waals surface area contributed by atoms with Gasteiger partial charge in [0.2, 0.25) is 0 Å². The highest BCUT2D eigenvalue weighted by molar-refractivity contribution is 5.85. The summed E-state index contributed by atoms with van der Waals surface area (Å²) in [5.41, 5.74) is 0.728. The average Bonchev–Trinajstić information content (AvgIpc) is 2.18. The number of halogens is 1. The van der Waals surface area contributed by atoms with E-state index in [0.717, 1.165) is 5.56 Å². The fraction of sp³-hybridized carbons (Fsp3) is 0.300. The van der Waals surface area contributed by atoms with Crippen LogP contribution < -0.4 is 14.2 Å². The van der Waals surface area contributed by atoms with Crippen LogP contribution in [0.4, 0.5) is 0 Å². The molecule has 0 heterocycles. The summed E-state index contributed by atoms with van der Waals surface area (Å²) in [4.78, 5) is 0. The van der Waals surface area contributed by atoms with E-state index in [1.165, 1.54) is 0 Å². The standard InChI is InChI=1S/C10H13O3.ClH/c1-7-9(12-3)5-8(11-2)6-10(7)13-4;/h5-6H,1H2,2-4H3;1H. The second kappa shape index (κ2) is 5.60. The van der Waals surface area contributed by atoms with Crippen LogP contribution in [-0.4, -0.2) is 21.3 Å². The molecule has 0 N–H and O–H groups in total. The van der Waals surface area contributed by atoms with Crippen molar-refractivity contribution in [2.24, 2.45) is 0 Å². The molecule has 0 fully saturated rings. The molecule has 0 amide bonds. The number of benzene rings is 1. The van der Waals surface area contributed by atoms with Gasteiger partial charge in [0.05, 0.1) is 21.3 Å². The molecular formula is C10H14ClO3. The van der Waals surface area contributed by atoms with Crippen LogP contribution in [0.25, 0.3) is 0 Å². The Balaban J connectivity index is 0.00000169. The number of hydrogen-bond acceptors (Lipinski definition) is 3. The van der Waals surface area contributed by atoms with Gasteiger partial charge in [-0.3, -0.25) is 0 Å². The van der Waals surface area contributed by atoms with Crippen LogP contribution in [0.1, 0.15) is 5.56 Å². The lowest BCUT2D eigenvalue weighted by Gasteiger charge is -2.11. The zero-order valence-electron chi connectivity index (χ0n) is 8.49. The molecular weight excluding hydrogens is 204 g/mol. The van der Waals surface area contributed by atoms with Crippen molar-refractivity contribution in [2.45, 2.75) is 0 Å². The van der Waals surface area contributed by atoms with Crippen LogP contribution >= 0.6 is 12.4 Å². The molecule has 0 atom stereocenters. The van der Waals surface area contributed by atoms with E-state index in [2.05, 4.69) is 6.92 Å². The minimum atomic E-state index is 0. The van der Waals surface area contributed by atoms with Crippen molar-refractivity contribution in [1.29, 1.82) is 0 Å². The molecule has 1 rings (SSSR count). The van der Waals surface area contributed by atoms with Gasteiger partial charge in [-0.1, -0.05) is 0 Å². The minimum Gasteiger partial charge on any atom is -0.496 e. The first-order valence-corrected chi connectivity index (χ1v) is 3.85. The van der Waals surface area contributed by atoms with E-state index in [-0.39, 0.29) is 12.4 Å². The molecule has 4 heteroatoms. The maximum atomic E-state index is 5.11. The zero-order chi connectivity index (χ0) is 9.84. The van der Waals surface area contributed by atoms with Gasteiger partial charge in [0, 0.05) is 17.7 Å². The third-order valence-electron chi connectivity index (χ3n) is 1.82. The lowest BCUT2D eigenvalue weighted by Crippen LogP contribution is -1.94. The lowest BCUT2D eigenvalue weighted by molar-refractivity contribution is 0.373. The van der Waals surface area contributed by atoms with Gasteiger partial charge in [0.1, 0.15) is 17.2 Å². The Morgan fingerprint density at radius 1 is 0.929 bits per heavy atom. The van der Waals surface area contributed by atoms with E-state index in [1.54, 1.807) is 33.5 Å². The summed E-state index contributed by atoms with van der Waals surface area (Å²) >= 11 is 0. The van der Waals surface area contributed by atoms with Crippen LogP contribution in [0.2, 0.25) is 0 Å². The predicted molar refractivity (Wildman–Crippen MR) is 57.8 cm³/mol. The Bertz CT molecular complexity index is 274. The SMILES string of the molecule is Cl.[CH2]c1c(OC)cc(OC)cc1OC. The van der Waals surface area contributed by atoms with Crippen molar-refractivity contribution in [2.75, 3.05) is 21.3 Å². The van der Waals surface area contributed by atoms with E-state index < -0.39 is 0 Å². The van der Waals surface area contributed by atoms with E-state index in [4.69, 9.17) is 14.2 Å². The van der Waals surface area contributed by atoms with Crippen molar-refractivity contribution >= 4 is 12.4 Å². The Labute approximate surface area is 90.4 Å². The molecule has 0 bridgehead atoms. The monoisotopic (exact) mass is 217 g/mol. The summed E-state index contributed by atoms with van der Waals surface area (Å²) < 4.78 is 15.3. The zero-order valence-corrected chi connectivity index (χ0v) is 9.31. The summed E-state index contributed by atoms with van der Waals surface area (Å²) in [6.45, 7) is 3.83. The average molecular weight is 218 g/mol. The minimum absolute atomic E-state index is 0. The second-order valence-electron chi connectivity index (χ2n) is 2.51. The fourth-order valence-electron chi connectivity index (χ4n) is 1.08. The highest BCUT2D eigenvalue weighted by Gasteiger charge is 2.07. The smallest absolute Gasteiger partial charge is 0.129 e. The lowest BCUT2D eigenvalue weighted by atomic mass is 10.2. The molecule has 0 aliphatic rings. The van der Waals surface area contributed by atoms with E-state index in [9.17, 15) is 0 Å². The molecule has 1 aromatic carbocycles. The summed E-state index contributed by atoms with van der Waals surface area (Å²) in [6, 6.07) is 3.54. The van der Waals surface area contributed by atoms with Gasteiger partial charge in [0.15, 0.2) is 0 Å². The first-order valence-electron chi connectivity index (χ1n) is 3.85. The first kappa shape index (κ1) is 12.9. The summed E-state index contributed by atoms with van der Waals surface area (Å²) in [7, 11) is 4.77. The second-order valence-corrected chi connectivity index (χ2v) is 2.51. The molecule has 3 nitrogen and oxygen atoms in total. The maximum Gasteiger partial charge on any atom is 0.129 e. The first-order chi connectivity index (χ1) is 6.22. The highest BCUT2D eigenvalue weighted by Crippen LogP contribution is 2.32. The van der Waals surface area contributed by atoms with Crippen LogP contribution in [0, 0.1) is 6.92 Å². The Morgan fingerprint density at radius 2 is 1.36 bits per heavy atom. The summed E-state index contributed by atoms with van der Waals surface area (Å²) in [5, 5.41) is 0. The summed E-state index contributed by atoms with van der Waals surface area (Å²) in [6.07, 6.45) is 0. The van der Waals surface area contributed by atoms with Crippen LogP contribution in [-0.2, 0) is 0 Å². The van der Waals surface area contributed by atoms with E-state index >= 15 is 0 Å². The van der Waals surface area contributed by atoms with Gasteiger partial charge in [-0.05, 0) is 6.92 Å². The molecule has 0 saturated heterocycles. The molecule has 1 radical (unpaired) electrons. The van der Waals surface area contributed by atoms with E-state index in [0.29, 0.717) is 17.2 Å². The fourth-order valence-corrected chi connectivity index (χ4v) is 1.08. The quantitative estimate of drug-likeness (QED) is 0.778. The third kappa shape index (κ3) is 2.45. The molecule has 79 valence electrons. The number of hydrogen-bond donors (Lipinski definition) is 0. The highest BCUT2D eigenvalue weighted by atomic mass is 35.5. The molecule has 1 aromatic rings. The maximum absolute atomic E-state index is 5.11. The van der Waals surface area contributed by atoms with Crippen LogP contribution in [0.5, 0.6) is 17.2 Å². The molecule has 0 unspecified atom stereocenters. The Morgan fingerprint density at radius 3 is 1.64 bits per heavy atom. The van der Waals surface area contributed by atoms with Gasteiger partial charge in [-0.2, -0.15) is 0 Å². The topological polar surface area (TPSA) is 27.7 Å². The summed E-state index contributed by atoms with van der Waals surface area (Å²) in [5.74, 6) is 2.02. The van der Waals surface area contributed by atoms with Gasteiger partial charge < -0.3 is 14.2 Å². The normalized spacial score (nSPS) is 8.86. The number of ether oxygens (including phenoxy) is 3. The van der Waals surface area contributed by atoms with Crippen LogP contribution in [0.15, 0.2) is 12.1 Å². The van der Waals surface area contributed by atoms with Crippen molar-refractivity contribution in [3.05, 3.63) is 24.6 Å². The van der Waals surface area contributed by atoms with Crippen molar-refractivity contribution in [1.82, 2.24) is 0 Å². The molecule has 0 saturated carbocycles. The van der Waals surface area contributed by atoms with Gasteiger partial charge in [0.25, 0.3) is 0 Å². The van der Waals surface area contributed by atoms with Crippen LogP contribution in [0.3, 0.4) is 0 Å². The molecule has 0 aromatic heterocycles. The predicted octanol–water partition coefficient (Wildman–Crippen LogP) is 2.32.